The van der Waals surface area contributed by atoms with Crippen molar-refractivity contribution in [2.24, 2.45) is 0 Å². The number of thiazole rings is 1. The highest BCUT2D eigenvalue weighted by Crippen LogP contribution is 2.34. The third-order valence-electron chi connectivity index (χ3n) is 4.09. The number of imidazole rings is 1. The summed E-state index contributed by atoms with van der Waals surface area (Å²) in [6.45, 7) is 4.30. The molecule has 3 nitrogen and oxygen atoms in total. The van der Waals surface area contributed by atoms with Crippen molar-refractivity contribution in [3.63, 3.8) is 0 Å². The summed E-state index contributed by atoms with van der Waals surface area (Å²) in [5, 5.41) is 0. The van der Waals surface area contributed by atoms with E-state index >= 15 is 0 Å². The first kappa shape index (κ1) is 13.3. The van der Waals surface area contributed by atoms with Gasteiger partial charge in [-0.05, 0) is 49.2 Å². The molecule has 0 fully saturated rings. The molecule has 0 aliphatic heterocycles. The van der Waals surface area contributed by atoms with Crippen LogP contribution in [0.3, 0.4) is 0 Å². The first-order valence-corrected chi connectivity index (χ1v) is 8.01. The van der Waals surface area contributed by atoms with Crippen LogP contribution in [0.1, 0.15) is 11.1 Å². The van der Waals surface area contributed by atoms with Crippen LogP contribution in [0.25, 0.3) is 26.4 Å². The maximum Gasteiger partial charge on any atom is 0.195 e. The number of fused-ring (bicyclic) bond motifs is 3. The summed E-state index contributed by atoms with van der Waals surface area (Å²) in [7, 11) is 1.69. The zero-order valence-electron chi connectivity index (χ0n) is 12.8. The minimum atomic E-state index is 0.851. The summed E-state index contributed by atoms with van der Waals surface area (Å²) in [4.78, 5) is 5.80. The summed E-state index contributed by atoms with van der Waals surface area (Å²) in [5.74, 6) is 0.851. The fourth-order valence-corrected chi connectivity index (χ4v) is 3.82. The topological polar surface area (TPSA) is 26.5 Å². The van der Waals surface area contributed by atoms with Gasteiger partial charge in [-0.15, -0.1) is 0 Å². The molecule has 0 radical (unpaired) electrons. The van der Waals surface area contributed by atoms with Gasteiger partial charge in [0.25, 0.3) is 0 Å². The third kappa shape index (κ3) is 1.91. The molecule has 0 atom stereocenters. The molecule has 0 amide bonds. The van der Waals surface area contributed by atoms with Crippen LogP contribution in [0.15, 0.2) is 42.6 Å². The summed E-state index contributed by atoms with van der Waals surface area (Å²) in [6.07, 6.45) is 2.10. The van der Waals surface area contributed by atoms with Gasteiger partial charge in [-0.1, -0.05) is 23.5 Å². The molecule has 4 rings (SSSR count). The highest BCUT2D eigenvalue weighted by atomic mass is 32.1. The van der Waals surface area contributed by atoms with E-state index in [2.05, 4.69) is 36.6 Å². The van der Waals surface area contributed by atoms with E-state index in [1.54, 1.807) is 18.4 Å². The Hall–Kier alpha value is -2.33. The van der Waals surface area contributed by atoms with Crippen LogP contribution in [-0.4, -0.2) is 16.5 Å². The minimum absolute atomic E-state index is 0.851. The number of ether oxygens (including phenoxy) is 1. The van der Waals surface area contributed by atoms with Gasteiger partial charge < -0.3 is 4.74 Å². The monoisotopic (exact) mass is 308 g/mol. The summed E-state index contributed by atoms with van der Waals surface area (Å²) in [6, 6.07) is 12.5. The molecule has 0 N–H and O–H groups in total. The minimum Gasteiger partial charge on any atom is -0.496 e. The Morgan fingerprint density at radius 1 is 1.09 bits per heavy atom. The van der Waals surface area contributed by atoms with Gasteiger partial charge >= 0.3 is 0 Å². The number of hydrogen-bond acceptors (Lipinski definition) is 3. The van der Waals surface area contributed by atoms with E-state index in [1.165, 1.54) is 21.3 Å². The van der Waals surface area contributed by atoms with Crippen molar-refractivity contribution >= 4 is 26.5 Å². The molecule has 0 saturated heterocycles. The zero-order chi connectivity index (χ0) is 15.3. The van der Waals surface area contributed by atoms with Gasteiger partial charge in [-0.2, -0.15) is 0 Å². The van der Waals surface area contributed by atoms with Gasteiger partial charge in [0.1, 0.15) is 5.75 Å². The van der Waals surface area contributed by atoms with Crippen LogP contribution in [0.4, 0.5) is 0 Å². The van der Waals surface area contributed by atoms with Gasteiger partial charge in [0.2, 0.25) is 0 Å². The molecule has 4 aromatic rings. The molecule has 2 aromatic carbocycles. The maximum absolute atomic E-state index is 5.45. The summed E-state index contributed by atoms with van der Waals surface area (Å²) in [5.41, 5.74) is 5.82. The van der Waals surface area contributed by atoms with E-state index in [0.29, 0.717) is 0 Å². The second kappa shape index (κ2) is 4.85. The van der Waals surface area contributed by atoms with Gasteiger partial charge in [-0.25, -0.2) is 4.98 Å². The number of hydrogen-bond donors (Lipinski definition) is 0. The first-order chi connectivity index (χ1) is 10.7. The van der Waals surface area contributed by atoms with Crippen LogP contribution >= 0.6 is 11.3 Å². The van der Waals surface area contributed by atoms with Gasteiger partial charge in [-0.3, -0.25) is 4.40 Å². The molecule has 0 aliphatic rings. The SMILES string of the molecule is COc1ccccc1-c1cn2c(n1)sc1cc(C)c(C)cc12. The summed E-state index contributed by atoms with van der Waals surface area (Å²) < 4.78 is 8.90. The average molecular weight is 308 g/mol. The number of para-hydroxylation sites is 1. The van der Waals surface area contributed by atoms with Crippen LogP contribution < -0.4 is 4.74 Å². The number of methoxy groups -OCH3 is 1. The number of rotatable bonds is 2. The fraction of sp³-hybridized carbons (Fsp3) is 0.167. The van der Waals surface area contributed by atoms with E-state index < -0.39 is 0 Å². The predicted molar refractivity (Wildman–Crippen MR) is 92.0 cm³/mol. The van der Waals surface area contributed by atoms with Crippen molar-refractivity contribution in [1.29, 1.82) is 0 Å². The molecule has 2 heterocycles. The molecule has 0 unspecified atom stereocenters. The number of nitrogens with zero attached hydrogens (tertiary/aromatic N) is 2. The van der Waals surface area contributed by atoms with Crippen LogP contribution in [-0.2, 0) is 0 Å². The fourth-order valence-electron chi connectivity index (χ4n) is 2.74. The van der Waals surface area contributed by atoms with Crippen molar-refractivity contribution in [2.75, 3.05) is 7.11 Å². The molecule has 0 saturated carbocycles. The molecule has 0 bridgehead atoms. The predicted octanol–water partition coefficient (Wildman–Crippen LogP) is 4.84. The zero-order valence-corrected chi connectivity index (χ0v) is 13.6. The highest BCUT2D eigenvalue weighted by Gasteiger charge is 2.13. The van der Waals surface area contributed by atoms with Gasteiger partial charge in [0, 0.05) is 11.8 Å². The molecule has 22 heavy (non-hydrogen) atoms. The van der Waals surface area contributed by atoms with E-state index in [9.17, 15) is 0 Å². The quantitative estimate of drug-likeness (QED) is 0.529. The Bertz CT molecular complexity index is 997. The van der Waals surface area contributed by atoms with E-state index in [-0.39, 0.29) is 0 Å². The lowest BCUT2D eigenvalue weighted by atomic mass is 10.1. The average Bonchev–Trinajstić information content (AvgIpc) is 3.06. The lowest BCUT2D eigenvalue weighted by Gasteiger charge is -2.04. The number of benzene rings is 2. The van der Waals surface area contributed by atoms with Crippen molar-refractivity contribution in [3.8, 4) is 17.0 Å². The van der Waals surface area contributed by atoms with Crippen molar-refractivity contribution < 1.29 is 4.74 Å². The Balaban J connectivity index is 1.96. The molecule has 110 valence electrons. The van der Waals surface area contributed by atoms with Crippen LogP contribution in [0, 0.1) is 13.8 Å². The Labute approximate surface area is 132 Å². The van der Waals surface area contributed by atoms with Crippen LogP contribution in [0.5, 0.6) is 5.75 Å². The van der Waals surface area contributed by atoms with Gasteiger partial charge in [0.15, 0.2) is 4.96 Å². The maximum atomic E-state index is 5.45. The Kier molecular flexibility index (Phi) is 2.94. The molecule has 4 heteroatoms. The normalized spacial score (nSPS) is 11.4. The second-order valence-corrected chi connectivity index (χ2v) is 6.49. The molecule has 2 aromatic heterocycles. The van der Waals surface area contributed by atoms with E-state index in [4.69, 9.17) is 9.72 Å². The largest absolute Gasteiger partial charge is 0.496 e. The first-order valence-electron chi connectivity index (χ1n) is 7.19. The Morgan fingerprint density at radius 3 is 2.68 bits per heavy atom. The molecular formula is C18H16N2OS. The van der Waals surface area contributed by atoms with Crippen molar-refractivity contribution in [3.05, 3.63) is 53.7 Å². The lowest BCUT2D eigenvalue weighted by Crippen LogP contribution is -1.87. The molecule has 0 aliphatic carbocycles. The van der Waals surface area contributed by atoms with E-state index in [1.807, 2.05) is 24.3 Å². The highest BCUT2D eigenvalue weighted by molar-refractivity contribution is 7.23. The van der Waals surface area contributed by atoms with Crippen LogP contribution in [0.2, 0.25) is 0 Å². The number of aryl methyl sites for hydroxylation is 2. The molecule has 0 spiro atoms. The Morgan fingerprint density at radius 2 is 1.86 bits per heavy atom. The smallest absolute Gasteiger partial charge is 0.195 e. The van der Waals surface area contributed by atoms with E-state index in [0.717, 1.165) is 22.0 Å². The summed E-state index contributed by atoms with van der Waals surface area (Å²) >= 11 is 1.72. The molecular weight excluding hydrogens is 292 g/mol. The second-order valence-electron chi connectivity index (χ2n) is 5.49. The lowest BCUT2D eigenvalue weighted by molar-refractivity contribution is 0.416. The van der Waals surface area contributed by atoms with Gasteiger partial charge in [0.05, 0.1) is 23.0 Å². The standard InChI is InChI=1S/C18H16N2OS/c1-11-8-15-17(9-12(11)2)22-18-19-14(10-20(15)18)13-6-4-5-7-16(13)21-3/h4-10H,1-3H3. The van der Waals surface area contributed by atoms with Crippen molar-refractivity contribution in [1.82, 2.24) is 9.38 Å². The van der Waals surface area contributed by atoms with Crippen molar-refractivity contribution in [2.45, 2.75) is 13.8 Å². The third-order valence-corrected chi connectivity index (χ3v) is 5.11. The number of aromatic nitrogens is 2.